The molecule has 6 heteroatoms. The van der Waals surface area contributed by atoms with Crippen molar-refractivity contribution in [3.8, 4) is 11.3 Å². The molecule has 24 heavy (non-hydrogen) atoms. The van der Waals surface area contributed by atoms with Crippen molar-refractivity contribution in [1.82, 2.24) is 15.2 Å². The van der Waals surface area contributed by atoms with Gasteiger partial charge in [-0.2, -0.15) is 18.3 Å². The molecule has 2 heterocycles. The summed E-state index contributed by atoms with van der Waals surface area (Å²) in [5.41, 5.74) is 1.94. The molecule has 0 atom stereocenters. The summed E-state index contributed by atoms with van der Waals surface area (Å²) in [5.74, 6) is 0. The lowest BCUT2D eigenvalue weighted by molar-refractivity contribution is -0.136. The van der Waals surface area contributed by atoms with Crippen LogP contribution in [-0.4, -0.2) is 15.2 Å². The van der Waals surface area contributed by atoms with Crippen LogP contribution in [0.5, 0.6) is 0 Å². The molecule has 120 valence electrons. The monoisotopic (exact) mass is 327 g/mol. The number of rotatable bonds is 1. The summed E-state index contributed by atoms with van der Waals surface area (Å²) in [4.78, 5) is 4.60. The van der Waals surface area contributed by atoms with Crippen molar-refractivity contribution >= 4 is 21.8 Å². The Morgan fingerprint density at radius 1 is 0.958 bits per heavy atom. The summed E-state index contributed by atoms with van der Waals surface area (Å²) in [5, 5.41) is 7.32. The van der Waals surface area contributed by atoms with Crippen LogP contribution in [0.3, 0.4) is 0 Å². The quantitative estimate of drug-likeness (QED) is 0.528. The van der Waals surface area contributed by atoms with Gasteiger partial charge < -0.3 is 0 Å². The van der Waals surface area contributed by atoms with Crippen LogP contribution in [0, 0.1) is 6.92 Å². The molecule has 3 nitrogen and oxygen atoms in total. The molecule has 0 unspecified atom stereocenters. The Morgan fingerprint density at radius 3 is 2.42 bits per heavy atom. The molecule has 4 rings (SSSR count). The molecule has 0 saturated heterocycles. The second-order valence-corrected chi connectivity index (χ2v) is 5.58. The van der Waals surface area contributed by atoms with Crippen LogP contribution in [0.25, 0.3) is 33.1 Å². The molecule has 4 aromatic rings. The number of nitrogens with zero attached hydrogens (tertiary/aromatic N) is 2. The van der Waals surface area contributed by atoms with Crippen LogP contribution >= 0.6 is 0 Å². The fraction of sp³-hybridized carbons (Fsp3) is 0.111. The Bertz CT molecular complexity index is 1050. The summed E-state index contributed by atoms with van der Waals surface area (Å²) in [6, 6.07) is 13.4. The molecular formula is C18H12F3N3. The lowest BCUT2D eigenvalue weighted by atomic mass is 9.98. The number of nitrogens with one attached hydrogen (secondary N) is 1. The normalized spacial score (nSPS) is 12.2. The molecular weight excluding hydrogens is 315 g/mol. The maximum Gasteiger partial charge on any atom is 0.417 e. The van der Waals surface area contributed by atoms with E-state index in [2.05, 4.69) is 15.2 Å². The number of H-pyrrole nitrogens is 1. The van der Waals surface area contributed by atoms with Crippen LogP contribution in [0.15, 0.2) is 48.5 Å². The number of aromatic amines is 1. The van der Waals surface area contributed by atoms with E-state index in [1.165, 1.54) is 6.07 Å². The Balaban J connectivity index is 2.23. The zero-order valence-corrected chi connectivity index (χ0v) is 12.6. The van der Waals surface area contributed by atoms with Crippen LogP contribution in [0.2, 0.25) is 0 Å². The zero-order chi connectivity index (χ0) is 16.9. The van der Waals surface area contributed by atoms with Crippen LogP contribution in [0.4, 0.5) is 13.2 Å². The number of hydrogen-bond acceptors (Lipinski definition) is 2. The van der Waals surface area contributed by atoms with E-state index in [1.807, 2.05) is 30.3 Å². The zero-order valence-electron chi connectivity index (χ0n) is 12.6. The summed E-state index contributed by atoms with van der Waals surface area (Å²) in [6.45, 7) is 1.72. The second kappa shape index (κ2) is 5.06. The molecule has 0 radical (unpaired) electrons. The topological polar surface area (TPSA) is 41.6 Å². The van der Waals surface area contributed by atoms with Crippen molar-refractivity contribution in [1.29, 1.82) is 0 Å². The first-order chi connectivity index (χ1) is 11.5. The SMILES string of the molecule is Cc1n[nH]c2c1nc(-c1ccccc1)c1cccc(C(F)(F)F)c12. The van der Waals surface area contributed by atoms with Crippen LogP contribution < -0.4 is 0 Å². The van der Waals surface area contributed by atoms with Gasteiger partial charge in [0.2, 0.25) is 0 Å². The van der Waals surface area contributed by atoms with Gasteiger partial charge in [-0.25, -0.2) is 4.98 Å². The third kappa shape index (κ3) is 2.14. The molecule has 0 saturated carbocycles. The van der Waals surface area contributed by atoms with Gasteiger partial charge in [0.25, 0.3) is 0 Å². The number of aryl methyl sites for hydroxylation is 1. The highest BCUT2D eigenvalue weighted by atomic mass is 19.4. The highest BCUT2D eigenvalue weighted by Crippen LogP contribution is 2.40. The van der Waals surface area contributed by atoms with Crippen molar-refractivity contribution < 1.29 is 13.2 Å². The van der Waals surface area contributed by atoms with Gasteiger partial charge in [-0.15, -0.1) is 0 Å². The molecule has 0 aliphatic rings. The predicted octanol–water partition coefficient (Wildman–Crippen LogP) is 5.11. The second-order valence-electron chi connectivity index (χ2n) is 5.58. The number of fused-ring (bicyclic) bond motifs is 3. The Labute approximate surface area is 135 Å². The number of hydrogen-bond donors (Lipinski definition) is 1. The van der Waals surface area contributed by atoms with E-state index in [9.17, 15) is 13.2 Å². The fourth-order valence-corrected chi connectivity index (χ4v) is 2.98. The first-order valence-corrected chi connectivity index (χ1v) is 7.37. The maximum atomic E-state index is 13.5. The standard InChI is InChI=1S/C18H12F3N3/c1-10-15-17(24-23-10)14-12(8-5-9-13(14)18(19,20)21)16(22-15)11-6-3-2-4-7-11/h2-9H,1H3,(H,23,24). The van der Waals surface area contributed by atoms with E-state index in [1.54, 1.807) is 13.0 Å². The predicted molar refractivity (Wildman–Crippen MR) is 86.6 cm³/mol. The lowest BCUT2D eigenvalue weighted by Crippen LogP contribution is -2.06. The molecule has 0 bridgehead atoms. The van der Waals surface area contributed by atoms with Gasteiger partial charge >= 0.3 is 6.18 Å². The van der Waals surface area contributed by atoms with Crippen molar-refractivity contribution in [2.24, 2.45) is 0 Å². The minimum Gasteiger partial charge on any atom is -0.275 e. The minimum atomic E-state index is -4.46. The minimum absolute atomic E-state index is 0.106. The van der Waals surface area contributed by atoms with E-state index in [0.717, 1.165) is 11.6 Å². The number of pyridine rings is 1. The van der Waals surface area contributed by atoms with E-state index in [4.69, 9.17) is 0 Å². The van der Waals surface area contributed by atoms with E-state index in [-0.39, 0.29) is 5.39 Å². The number of benzene rings is 2. The summed E-state index contributed by atoms with van der Waals surface area (Å²) in [6.07, 6.45) is -4.46. The van der Waals surface area contributed by atoms with E-state index < -0.39 is 11.7 Å². The average molecular weight is 327 g/mol. The van der Waals surface area contributed by atoms with Crippen LogP contribution in [-0.2, 0) is 6.18 Å². The van der Waals surface area contributed by atoms with Gasteiger partial charge in [-0.1, -0.05) is 42.5 Å². The van der Waals surface area contributed by atoms with Gasteiger partial charge in [0.1, 0.15) is 5.52 Å². The molecule has 0 aliphatic carbocycles. The number of halogens is 3. The fourth-order valence-electron chi connectivity index (χ4n) is 2.98. The molecule has 0 amide bonds. The molecule has 0 spiro atoms. The van der Waals surface area contributed by atoms with Gasteiger partial charge in [0.15, 0.2) is 0 Å². The van der Waals surface area contributed by atoms with Gasteiger partial charge in [-0.05, 0) is 13.0 Å². The third-order valence-corrected chi connectivity index (χ3v) is 4.06. The van der Waals surface area contributed by atoms with Gasteiger partial charge in [0.05, 0.1) is 22.5 Å². The summed E-state index contributed by atoms with van der Waals surface area (Å²) >= 11 is 0. The van der Waals surface area contributed by atoms with E-state index in [0.29, 0.717) is 27.8 Å². The number of aromatic nitrogens is 3. The smallest absolute Gasteiger partial charge is 0.275 e. The molecule has 2 aromatic carbocycles. The van der Waals surface area contributed by atoms with Crippen molar-refractivity contribution in [3.05, 3.63) is 59.8 Å². The first kappa shape index (κ1) is 14.7. The Hall–Kier alpha value is -2.89. The van der Waals surface area contributed by atoms with Crippen LogP contribution in [0.1, 0.15) is 11.3 Å². The molecule has 2 aromatic heterocycles. The molecule has 1 N–H and O–H groups in total. The van der Waals surface area contributed by atoms with Gasteiger partial charge in [0, 0.05) is 16.3 Å². The maximum absolute atomic E-state index is 13.5. The summed E-state index contributed by atoms with van der Waals surface area (Å²) in [7, 11) is 0. The van der Waals surface area contributed by atoms with Gasteiger partial charge in [-0.3, -0.25) is 5.10 Å². The van der Waals surface area contributed by atoms with Crippen molar-refractivity contribution in [2.75, 3.05) is 0 Å². The Morgan fingerprint density at radius 2 is 1.71 bits per heavy atom. The average Bonchev–Trinajstić information content (AvgIpc) is 2.95. The lowest BCUT2D eigenvalue weighted by Gasteiger charge is -2.13. The third-order valence-electron chi connectivity index (χ3n) is 4.06. The Kier molecular flexibility index (Phi) is 3.09. The molecule has 0 fully saturated rings. The number of alkyl halides is 3. The molecule has 0 aliphatic heterocycles. The first-order valence-electron chi connectivity index (χ1n) is 7.37. The largest absolute Gasteiger partial charge is 0.417 e. The van der Waals surface area contributed by atoms with Crippen molar-refractivity contribution in [3.63, 3.8) is 0 Å². The van der Waals surface area contributed by atoms with Crippen molar-refractivity contribution in [2.45, 2.75) is 13.1 Å². The highest BCUT2D eigenvalue weighted by molar-refractivity contribution is 6.11. The van der Waals surface area contributed by atoms with E-state index >= 15 is 0 Å². The summed E-state index contributed by atoms with van der Waals surface area (Å²) < 4.78 is 40.6. The highest BCUT2D eigenvalue weighted by Gasteiger charge is 2.34.